The summed E-state index contributed by atoms with van der Waals surface area (Å²) in [7, 11) is -3.84. The molecule has 0 aromatic heterocycles. The second kappa shape index (κ2) is 7.66. The van der Waals surface area contributed by atoms with E-state index in [-0.39, 0.29) is 36.6 Å². The van der Waals surface area contributed by atoms with Gasteiger partial charge in [-0.1, -0.05) is 6.07 Å². The molecule has 3 rings (SSSR count). The normalized spacial score (nSPS) is 23.9. The number of hydrogen-bond acceptors (Lipinski definition) is 7. The first kappa shape index (κ1) is 17.4. The predicted molar refractivity (Wildman–Crippen MR) is 83.8 cm³/mol. The summed E-state index contributed by atoms with van der Waals surface area (Å²) in [5.41, 5.74) is 0. The average molecular weight is 359 g/mol. The first-order chi connectivity index (χ1) is 11.6. The zero-order chi connectivity index (χ0) is 17.0. The van der Waals surface area contributed by atoms with Crippen molar-refractivity contribution in [3.05, 3.63) is 18.2 Å². The summed E-state index contributed by atoms with van der Waals surface area (Å²) >= 11 is 0. The molecular formula is C15H21NO7S. The van der Waals surface area contributed by atoms with E-state index in [1.165, 1.54) is 6.07 Å². The van der Waals surface area contributed by atoms with Crippen LogP contribution in [0.4, 0.5) is 0 Å². The van der Waals surface area contributed by atoms with Crippen molar-refractivity contribution in [2.24, 2.45) is 0 Å². The Bertz CT molecular complexity index is 664. The summed E-state index contributed by atoms with van der Waals surface area (Å²) < 4.78 is 50.0. The summed E-state index contributed by atoms with van der Waals surface area (Å²) in [6.07, 6.45) is 0.206. The molecule has 1 saturated heterocycles. The summed E-state index contributed by atoms with van der Waals surface area (Å²) in [6.45, 7) is 1.42. The molecule has 0 bridgehead atoms. The van der Waals surface area contributed by atoms with Crippen LogP contribution in [0.3, 0.4) is 0 Å². The molecule has 0 aliphatic carbocycles. The van der Waals surface area contributed by atoms with E-state index in [1.807, 2.05) is 0 Å². The van der Waals surface area contributed by atoms with Crippen LogP contribution in [0.15, 0.2) is 23.1 Å². The minimum atomic E-state index is -3.84. The number of para-hydroxylation sites is 1. The molecule has 0 amide bonds. The highest BCUT2D eigenvalue weighted by atomic mass is 32.2. The van der Waals surface area contributed by atoms with Gasteiger partial charge in [0, 0.05) is 6.61 Å². The average Bonchev–Trinajstić information content (AvgIpc) is 2.60. The lowest BCUT2D eigenvalue weighted by atomic mass is 10.1. The first-order valence-corrected chi connectivity index (χ1v) is 9.31. The fourth-order valence-corrected chi connectivity index (χ4v) is 4.16. The number of fused-ring (bicyclic) bond motifs is 1. The van der Waals surface area contributed by atoms with Crippen LogP contribution in [0, 0.1) is 0 Å². The van der Waals surface area contributed by atoms with Crippen LogP contribution in [0.2, 0.25) is 0 Å². The summed E-state index contributed by atoms with van der Waals surface area (Å²) in [6, 6.07) is 4.22. The Morgan fingerprint density at radius 3 is 2.92 bits per heavy atom. The van der Waals surface area contributed by atoms with Crippen molar-refractivity contribution < 1.29 is 32.5 Å². The van der Waals surface area contributed by atoms with E-state index >= 15 is 0 Å². The van der Waals surface area contributed by atoms with Crippen molar-refractivity contribution >= 4 is 10.0 Å². The third kappa shape index (κ3) is 3.81. The van der Waals surface area contributed by atoms with Crippen LogP contribution in [-0.2, 0) is 19.5 Å². The van der Waals surface area contributed by atoms with E-state index in [0.29, 0.717) is 32.0 Å². The molecule has 1 aromatic carbocycles. The Labute approximate surface area is 140 Å². The van der Waals surface area contributed by atoms with Crippen molar-refractivity contribution in [3.8, 4) is 11.5 Å². The van der Waals surface area contributed by atoms with E-state index < -0.39 is 16.1 Å². The monoisotopic (exact) mass is 359 g/mol. The van der Waals surface area contributed by atoms with Gasteiger partial charge in [0.2, 0.25) is 10.0 Å². The summed E-state index contributed by atoms with van der Waals surface area (Å²) in [4.78, 5) is 0.0335. The van der Waals surface area contributed by atoms with Crippen LogP contribution < -0.4 is 14.2 Å². The molecule has 2 aliphatic heterocycles. The fourth-order valence-electron chi connectivity index (χ4n) is 2.75. The van der Waals surface area contributed by atoms with Crippen molar-refractivity contribution in [1.29, 1.82) is 0 Å². The predicted octanol–water partition coefficient (Wildman–Crippen LogP) is -0.0975. The maximum atomic E-state index is 12.8. The van der Waals surface area contributed by atoms with Gasteiger partial charge in [0.25, 0.3) is 0 Å². The topological polar surface area (TPSA) is 103 Å². The number of benzene rings is 1. The van der Waals surface area contributed by atoms with Crippen LogP contribution in [0.1, 0.15) is 6.42 Å². The van der Waals surface area contributed by atoms with Crippen LogP contribution in [0.25, 0.3) is 0 Å². The maximum Gasteiger partial charge on any atom is 0.244 e. The Morgan fingerprint density at radius 1 is 1.25 bits per heavy atom. The standard InChI is InChI=1S/C15H21NO7S/c17-5-7-21-12-4-6-20-10-11(12)16-24(18,19)14-3-1-2-13-15(14)23-9-8-22-13/h1-3,11-12,16-17H,4-10H2/t11-,12+/m1/s1. The summed E-state index contributed by atoms with van der Waals surface area (Å²) in [5, 5.41) is 8.90. The van der Waals surface area contributed by atoms with Gasteiger partial charge in [-0.2, -0.15) is 0 Å². The van der Waals surface area contributed by atoms with Crippen LogP contribution in [0.5, 0.6) is 11.5 Å². The van der Waals surface area contributed by atoms with Gasteiger partial charge in [0.05, 0.1) is 32.0 Å². The van der Waals surface area contributed by atoms with Gasteiger partial charge in [-0.05, 0) is 18.6 Å². The molecule has 2 N–H and O–H groups in total. The summed E-state index contributed by atoms with van der Waals surface area (Å²) in [5.74, 6) is 0.637. The molecule has 8 nitrogen and oxygen atoms in total. The molecule has 134 valence electrons. The molecule has 0 unspecified atom stereocenters. The quantitative estimate of drug-likeness (QED) is 0.731. The number of ether oxygens (including phenoxy) is 4. The second-order valence-corrected chi connectivity index (χ2v) is 7.19. The lowest BCUT2D eigenvalue weighted by molar-refractivity contribution is -0.0580. The zero-order valence-corrected chi connectivity index (χ0v) is 14.0. The largest absolute Gasteiger partial charge is 0.486 e. The minimum absolute atomic E-state index is 0.0335. The Morgan fingerprint density at radius 2 is 2.08 bits per heavy atom. The fraction of sp³-hybridized carbons (Fsp3) is 0.600. The number of aliphatic hydroxyl groups is 1. The van der Waals surface area contributed by atoms with Gasteiger partial charge in [0.15, 0.2) is 11.5 Å². The number of hydrogen-bond donors (Lipinski definition) is 2. The van der Waals surface area contributed by atoms with E-state index in [1.54, 1.807) is 12.1 Å². The van der Waals surface area contributed by atoms with Gasteiger partial charge < -0.3 is 24.1 Å². The Hall–Kier alpha value is -1.39. The molecule has 9 heteroatoms. The smallest absolute Gasteiger partial charge is 0.244 e. The number of nitrogens with one attached hydrogen (secondary N) is 1. The van der Waals surface area contributed by atoms with Crippen molar-refractivity contribution in [2.45, 2.75) is 23.5 Å². The molecule has 0 saturated carbocycles. The third-order valence-electron chi connectivity index (χ3n) is 3.84. The molecule has 2 aliphatic rings. The Kier molecular flexibility index (Phi) is 5.57. The highest BCUT2D eigenvalue weighted by Crippen LogP contribution is 2.36. The third-order valence-corrected chi connectivity index (χ3v) is 5.36. The van der Waals surface area contributed by atoms with E-state index in [9.17, 15) is 8.42 Å². The Balaban J connectivity index is 1.80. The van der Waals surface area contributed by atoms with Gasteiger partial charge in [0.1, 0.15) is 18.1 Å². The van der Waals surface area contributed by atoms with E-state index in [4.69, 9.17) is 24.1 Å². The van der Waals surface area contributed by atoms with Gasteiger partial charge >= 0.3 is 0 Å². The lowest BCUT2D eigenvalue weighted by Crippen LogP contribution is -2.50. The molecule has 0 spiro atoms. The highest BCUT2D eigenvalue weighted by molar-refractivity contribution is 7.89. The SMILES string of the molecule is O=S(=O)(N[C@@H]1COCC[C@@H]1OCCO)c1cccc2c1OCCO2. The van der Waals surface area contributed by atoms with Gasteiger partial charge in [-0.15, -0.1) is 0 Å². The van der Waals surface area contributed by atoms with Gasteiger partial charge in [-0.25, -0.2) is 13.1 Å². The minimum Gasteiger partial charge on any atom is -0.486 e. The van der Waals surface area contributed by atoms with Crippen LogP contribution in [-0.4, -0.2) is 65.3 Å². The molecule has 2 heterocycles. The molecule has 1 fully saturated rings. The highest BCUT2D eigenvalue weighted by Gasteiger charge is 2.33. The zero-order valence-electron chi connectivity index (χ0n) is 13.1. The maximum absolute atomic E-state index is 12.8. The van der Waals surface area contributed by atoms with E-state index in [0.717, 1.165) is 0 Å². The molecule has 1 aromatic rings. The number of rotatable bonds is 6. The molecule has 24 heavy (non-hydrogen) atoms. The molecule has 2 atom stereocenters. The van der Waals surface area contributed by atoms with Gasteiger partial charge in [-0.3, -0.25) is 0 Å². The van der Waals surface area contributed by atoms with E-state index in [2.05, 4.69) is 4.72 Å². The lowest BCUT2D eigenvalue weighted by Gasteiger charge is -2.32. The first-order valence-electron chi connectivity index (χ1n) is 7.83. The van der Waals surface area contributed by atoms with Crippen molar-refractivity contribution in [3.63, 3.8) is 0 Å². The second-order valence-electron chi connectivity index (χ2n) is 5.50. The molecule has 0 radical (unpaired) electrons. The van der Waals surface area contributed by atoms with Crippen LogP contribution >= 0.6 is 0 Å². The number of sulfonamides is 1. The number of aliphatic hydroxyl groups excluding tert-OH is 1. The van der Waals surface area contributed by atoms with Crippen molar-refractivity contribution in [2.75, 3.05) is 39.6 Å². The van der Waals surface area contributed by atoms with Crippen molar-refractivity contribution in [1.82, 2.24) is 4.72 Å². The molecular weight excluding hydrogens is 338 g/mol.